The van der Waals surface area contributed by atoms with Crippen LogP contribution in [0.5, 0.6) is 0 Å². The maximum atomic E-state index is 10.9. The van der Waals surface area contributed by atoms with Crippen LogP contribution in [0, 0.1) is 10.1 Å². The zero-order valence-electron chi connectivity index (χ0n) is 13.2. The largest absolute Gasteiger partial charge is 0.269 e. The topological polar surface area (TPSA) is 43.1 Å². The lowest BCUT2D eigenvalue weighted by Gasteiger charge is -2.13. The van der Waals surface area contributed by atoms with Crippen molar-refractivity contribution < 1.29 is 4.92 Å². The monoisotopic (exact) mass is 335 g/mol. The lowest BCUT2D eigenvalue weighted by atomic mass is 9.93. The number of benzene rings is 2. The summed E-state index contributed by atoms with van der Waals surface area (Å²) in [5.74, 6) is 0. The van der Waals surface area contributed by atoms with E-state index in [-0.39, 0.29) is 10.6 Å². The predicted octanol–water partition coefficient (Wildman–Crippen LogP) is 6.43. The van der Waals surface area contributed by atoms with Gasteiger partial charge in [0.2, 0.25) is 0 Å². The first-order valence-electron chi connectivity index (χ1n) is 8.20. The third-order valence-corrected chi connectivity index (χ3v) is 5.79. The average molecular weight is 335 g/mol. The van der Waals surface area contributed by atoms with Gasteiger partial charge in [-0.1, -0.05) is 24.3 Å². The van der Waals surface area contributed by atoms with Crippen LogP contribution in [0.15, 0.2) is 54.6 Å². The Bertz CT molecular complexity index is 938. The van der Waals surface area contributed by atoms with Crippen molar-refractivity contribution in [3.05, 3.63) is 69.6 Å². The van der Waals surface area contributed by atoms with Gasteiger partial charge < -0.3 is 0 Å². The van der Waals surface area contributed by atoms with Crippen molar-refractivity contribution in [2.45, 2.75) is 25.7 Å². The summed E-state index contributed by atoms with van der Waals surface area (Å²) >= 11 is 1.83. The van der Waals surface area contributed by atoms with Gasteiger partial charge in [-0.25, -0.2) is 0 Å². The molecule has 0 spiro atoms. The van der Waals surface area contributed by atoms with E-state index in [0.717, 1.165) is 18.4 Å². The van der Waals surface area contributed by atoms with Gasteiger partial charge in [-0.3, -0.25) is 10.1 Å². The van der Waals surface area contributed by atoms with Crippen LogP contribution >= 0.6 is 11.3 Å². The fraction of sp³-hybridized carbons (Fsp3) is 0.200. The minimum Gasteiger partial charge on any atom is -0.258 e. The molecule has 0 atom stereocenters. The molecule has 1 aliphatic rings. The van der Waals surface area contributed by atoms with Gasteiger partial charge in [-0.05, 0) is 55.0 Å². The second-order valence-corrected chi connectivity index (χ2v) is 7.13. The molecule has 0 radical (unpaired) electrons. The van der Waals surface area contributed by atoms with Crippen LogP contribution in [-0.4, -0.2) is 4.92 Å². The van der Waals surface area contributed by atoms with Crippen molar-refractivity contribution in [2.24, 2.45) is 0 Å². The zero-order valence-corrected chi connectivity index (χ0v) is 14.0. The van der Waals surface area contributed by atoms with Gasteiger partial charge in [-0.2, -0.15) is 0 Å². The number of nitro groups is 1. The number of allylic oxidation sites excluding steroid dienone is 2. The summed E-state index contributed by atoms with van der Waals surface area (Å²) in [5.41, 5.74) is 3.84. The van der Waals surface area contributed by atoms with Gasteiger partial charge in [0.1, 0.15) is 0 Å². The molecule has 120 valence electrons. The smallest absolute Gasteiger partial charge is 0.258 e. The van der Waals surface area contributed by atoms with Gasteiger partial charge in [0.05, 0.1) is 4.92 Å². The summed E-state index contributed by atoms with van der Waals surface area (Å²) in [5, 5.41) is 12.2. The van der Waals surface area contributed by atoms with Crippen LogP contribution in [0.1, 0.15) is 30.6 Å². The third kappa shape index (κ3) is 2.63. The molecule has 3 nitrogen and oxygen atoms in total. The number of non-ortho nitro benzene ring substituents is 1. The summed E-state index contributed by atoms with van der Waals surface area (Å²) in [6, 6.07) is 15.4. The van der Waals surface area contributed by atoms with E-state index in [1.807, 2.05) is 23.5 Å². The van der Waals surface area contributed by atoms with E-state index in [1.165, 1.54) is 38.9 Å². The minimum atomic E-state index is -0.347. The van der Waals surface area contributed by atoms with Crippen LogP contribution in [0.25, 0.3) is 26.8 Å². The molecule has 4 heteroatoms. The molecule has 2 aromatic carbocycles. The molecule has 4 rings (SSSR count). The molecule has 1 aliphatic carbocycles. The number of thiophene rings is 1. The Morgan fingerprint density at radius 1 is 1.00 bits per heavy atom. The van der Waals surface area contributed by atoms with Crippen LogP contribution in [0.2, 0.25) is 0 Å². The van der Waals surface area contributed by atoms with Crippen molar-refractivity contribution in [2.75, 3.05) is 0 Å². The van der Waals surface area contributed by atoms with Gasteiger partial charge in [0, 0.05) is 32.7 Å². The number of hydrogen-bond donors (Lipinski definition) is 0. The van der Waals surface area contributed by atoms with E-state index < -0.39 is 0 Å². The van der Waals surface area contributed by atoms with Crippen LogP contribution in [0.4, 0.5) is 5.69 Å². The van der Waals surface area contributed by atoms with Crippen molar-refractivity contribution in [1.29, 1.82) is 0 Å². The summed E-state index contributed by atoms with van der Waals surface area (Å²) in [4.78, 5) is 11.9. The number of fused-ring (bicyclic) bond motifs is 1. The molecule has 24 heavy (non-hydrogen) atoms. The molecule has 0 bridgehead atoms. The summed E-state index contributed by atoms with van der Waals surface area (Å²) in [6.07, 6.45) is 7.13. The van der Waals surface area contributed by atoms with E-state index >= 15 is 0 Å². The Morgan fingerprint density at radius 3 is 2.50 bits per heavy atom. The second kappa shape index (κ2) is 6.21. The van der Waals surface area contributed by atoms with E-state index in [9.17, 15) is 10.1 Å². The molecule has 3 aromatic rings. The van der Waals surface area contributed by atoms with E-state index in [4.69, 9.17) is 0 Å². The number of hydrogen-bond acceptors (Lipinski definition) is 3. The first-order valence-corrected chi connectivity index (χ1v) is 9.01. The normalized spacial score (nSPS) is 14.6. The Kier molecular flexibility index (Phi) is 3.90. The molecule has 1 heterocycles. The Balaban J connectivity index is 1.92. The Morgan fingerprint density at radius 2 is 1.79 bits per heavy atom. The Hall–Kier alpha value is -2.46. The van der Waals surface area contributed by atoms with E-state index in [1.54, 1.807) is 12.1 Å². The van der Waals surface area contributed by atoms with Gasteiger partial charge in [-0.15, -0.1) is 11.3 Å². The van der Waals surface area contributed by atoms with Crippen molar-refractivity contribution in [3.63, 3.8) is 0 Å². The third-order valence-electron chi connectivity index (χ3n) is 4.54. The van der Waals surface area contributed by atoms with Crippen LogP contribution in [-0.2, 0) is 0 Å². The van der Waals surface area contributed by atoms with Crippen LogP contribution < -0.4 is 0 Å². The maximum absolute atomic E-state index is 10.9. The highest BCUT2D eigenvalue weighted by molar-refractivity contribution is 7.20. The summed E-state index contributed by atoms with van der Waals surface area (Å²) in [7, 11) is 0. The second-order valence-electron chi connectivity index (χ2n) is 6.08. The molecule has 0 amide bonds. The SMILES string of the molecule is O=[N+]([O-])c1ccc(-c2c(C3=CCCCC3)sc3ccccc23)cc1. The van der Waals surface area contributed by atoms with E-state index in [2.05, 4.69) is 30.3 Å². The van der Waals surface area contributed by atoms with Gasteiger partial charge in [0.15, 0.2) is 0 Å². The quantitative estimate of drug-likeness (QED) is 0.408. The average Bonchev–Trinajstić information content (AvgIpc) is 3.02. The molecule has 0 fully saturated rings. The molecule has 0 unspecified atom stereocenters. The lowest BCUT2D eigenvalue weighted by Crippen LogP contribution is -1.92. The molecule has 0 N–H and O–H groups in total. The fourth-order valence-electron chi connectivity index (χ4n) is 3.35. The fourth-order valence-corrected chi connectivity index (χ4v) is 4.65. The van der Waals surface area contributed by atoms with Crippen LogP contribution in [0.3, 0.4) is 0 Å². The minimum absolute atomic E-state index is 0.136. The molecule has 0 aliphatic heterocycles. The molecular formula is C20H17NO2S. The Labute approximate surface area is 144 Å². The standard InChI is InChI=1S/C20H17NO2S/c22-21(23)16-12-10-14(11-13-16)19-17-8-4-5-9-18(17)24-20(19)15-6-2-1-3-7-15/h4-6,8-13H,1-3,7H2. The zero-order chi connectivity index (χ0) is 16.5. The highest BCUT2D eigenvalue weighted by Crippen LogP contribution is 2.44. The van der Waals surface area contributed by atoms with Crippen molar-refractivity contribution >= 4 is 32.7 Å². The molecule has 0 saturated carbocycles. The van der Waals surface area contributed by atoms with Gasteiger partial charge in [0.25, 0.3) is 5.69 Å². The van der Waals surface area contributed by atoms with E-state index in [0.29, 0.717) is 0 Å². The first-order chi connectivity index (χ1) is 11.7. The summed E-state index contributed by atoms with van der Waals surface area (Å²) < 4.78 is 1.27. The van der Waals surface area contributed by atoms with Crippen molar-refractivity contribution in [3.8, 4) is 11.1 Å². The highest BCUT2D eigenvalue weighted by atomic mass is 32.1. The van der Waals surface area contributed by atoms with Crippen molar-refractivity contribution in [1.82, 2.24) is 0 Å². The number of nitro benzene ring substituents is 1. The molecular weight excluding hydrogens is 318 g/mol. The molecule has 0 saturated heterocycles. The first kappa shape index (κ1) is 15.1. The molecule has 1 aromatic heterocycles. The highest BCUT2D eigenvalue weighted by Gasteiger charge is 2.18. The number of rotatable bonds is 3. The maximum Gasteiger partial charge on any atom is 0.269 e. The van der Waals surface area contributed by atoms with Gasteiger partial charge >= 0.3 is 0 Å². The predicted molar refractivity (Wildman–Crippen MR) is 100 cm³/mol. The lowest BCUT2D eigenvalue weighted by molar-refractivity contribution is -0.384. The number of nitrogens with zero attached hydrogens (tertiary/aromatic N) is 1. The summed E-state index contributed by atoms with van der Waals surface area (Å²) in [6.45, 7) is 0.